The van der Waals surface area contributed by atoms with Crippen molar-refractivity contribution in [1.29, 1.82) is 0 Å². The van der Waals surface area contributed by atoms with Crippen LogP contribution in [-0.2, 0) is 4.79 Å². The first-order valence-corrected chi connectivity index (χ1v) is 9.59. The summed E-state index contributed by atoms with van der Waals surface area (Å²) in [7, 11) is 1.64. The highest BCUT2D eigenvalue weighted by atomic mass is 16.5. The molecule has 150 valence electrons. The van der Waals surface area contributed by atoms with Gasteiger partial charge >= 0.3 is 0 Å². The summed E-state index contributed by atoms with van der Waals surface area (Å²) in [5.74, 6) is 2.72. The molecule has 0 bridgehead atoms. The van der Waals surface area contributed by atoms with Gasteiger partial charge in [0.15, 0.2) is 11.6 Å². The van der Waals surface area contributed by atoms with E-state index in [1.165, 1.54) is 0 Å². The molecule has 0 atom stereocenters. The van der Waals surface area contributed by atoms with Crippen LogP contribution in [0.3, 0.4) is 0 Å². The highest BCUT2D eigenvalue weighted by molar-refractivity contribution is 5.91. The van der Waals surface area contributed by atoms with Gasteiger partial charge in [-0.3, -0.25) is 4.79 Å². The molecule has 0 saturated carbocycles. The number of aromatic nitrogens is 3. The van der Waals surface area contributed by atoms with Gasteiger partial charge in [0.2, 0.25) is 5.91 Å². The number of piperidine rings is 1. The van der Waals surface area contributed by atoms with Gasteiger partial charge in [0, 0.05) is 30.6 Å². The second kappa shape index (κ2) is 8.30. The molecule has 8 heteroatoms. The Bertz CT molecular complexity index is 961. The van der Waals surface area contributed by atoms with E-state index in [9.17, 15) is 4.79 Å². The van der Waals surface area contributed by atoms with Crippen LogP contribution in [0, 0.1) is 12.8 Å². The van der Waals surface area contributed by atoms with Gasteiger partial charge in [0.1, 0.15) is 11.5 Å². The van der Waals surface area contributed by atoms with Crippen molar-refractivity contribution in [1.82, 2.24) is 15.4 Å². The van der Waals surface area contributed by atoms with E-state index in [0.717, 1.165) is 48.8 Å². The predicted octanol–water partition coefficient (Wildman–Crippen LogP) is 3.30. The number of anilines is 2. The van der Waals surface area contributed by atoms with E-state index in [4.69, 9.17) is 9.26 Å². The van der Waals surface area contributed by atoms with Crippen molar-refractivity contribution in [3.63, 3.8) is 0 Å². The Morgan fingerprint density at radius 2 is 1.90 bits per heavy atom. The van der Waals surface area contributed by atoms with Crippen molar-refractivity contribution in [2.45, 2.75) is 19.8 Å². The Morgan fingerprint density at radius 1 is 1.14 bits per heavy atom. The number of aryl methyl sites for hydroxylation is 1. The van der Waals surface area contributed by atoms with Crippen molar-refractivity contribution in [3.8, 4) is 17.0 Å². The molecule has 29 heavy (non-hydrogen) atoms. The van der Waals surface area contributed by atoms with E-state index in [1.54, 1.807) is 20.1 Å². The van der Waals surface area contributed by atoms with Gasteiger partial charge in [-0.2, -0.15) is 0 Å². The van der Waals surface area contributed by atoms with Crippen LogP contribution in [0.25, 0.3) is 11.3 Å². The summed E-state index contributed by atoms with van der Waals surface area (Å²) in [6.07, 6.45) is 1.51. The maximum Gasteiger partial charge on any atom is 0.228 e. The van der Waals surface area contributed by atoms with Gasteiger partial charge < -0.3 is 19.5 Å². The quantitative estimate of drug-likeness (QED) is 0.711. The second-order valence-electron chi connectivity index (χ2n) is 7.08. The number of ether oxygens (including phenoxy) is 1. The fourth-order valence-corrected chi connectivity index (χ4v) is 3.43. The Hall–Kier alpha value is -3.42. The van der Waals surface area contributed by atoms with Gasteiger partial charge in [0.25, 0.3) is 0 Å². The summed E-state index contributed by atoms with van der Waals surface area (Å²) >= 11 is 0. The molecule has 0 unspecified atom stereocenters. The monoisotopic (exact) mass is 393 g/mol. The molecule has 1 amide bonds. The van der Waals surface area contributed by atoms with Gasteiger partial charge in [-0.15, -0.1) is 10.2 Å². The Kier molecular flexibility index (Phi) is 5.41. The number of hydrogen-bond acceptors (Lipinski definition) is 7. The molecule has 1 fully saturated rings. The molecule has 1 aromatic carbocycles. The Balaban J connectivity index is 1.34. The summed E-state index contributed by atoms with van der Waals surface area (Å²) in [6, 6.07) is 13.4. The van der Waals surface area contributed by atoms with Gasteiger partial charge in [-0.1, -0.05) is 5.16 Å². The van der Waals surface area contributed by atoms with E-state index in [0.29, 0.717) is 11.6 Å². The van der Waals surface area contributed by atoms with Crippen molar-refractivity contribution >= 4 is 17.5 Å². The number of amides is 1. The van der Waals surface area contributed by atoms with E-state index < -0.39 is 0 Å². The van der Waals surface area contributed by atoms with Crippen LogP contribution in [0.15, 0.2) is 47.0 Å². The third kappa shape index (κ3) is 4.37. The fraction of sp³-hybridized carbons (Fsp3) is 0.333. The number of benzene rings is 1. The highest BCUT2D eigenvalue weighted by Crippen LogP contribution is 2.25. The summed E-state index contributed by atoms with van der Waals surface area (Å²) in [4.78, 5) is 14.6. The molecule has 3 aromatic rings. The number of nitrogens with one attached hydrogen (secondary N) is 1. The third-order valence-electron chi connectivity index (χ3n) is 5.11. The molecule has 3 heterocycles. The van der Waals surface area contributed by atoms with Gasteiger partial charge in [-0.25, -0.2) is 0 Å². The van der Waals surface area contributed by atoms with E-state index in [1.807, 2.05) is 36.4 Å². The molecule has 0 spiro atoms. The molecule has 0 aliphatic carbocycles. The first-order chi connectivity index (χ1) is 14.1. The number of hydrogen-bond donors (Lipinski definition) is 1. The normalized spacial score (nSPS) is 14.6. The van der Waals surface area contributed by atoms with Crippen LogP contribution in [0.1, 0.15) is 18.6 Å². The summed E-state index contributed by atoms with van der Waals surface area (Å²) in [5, 5.41) is 15.4. The molecule has 1 aliphatic rings. The Labute approximate surface area is 168 Å². The van der Waals surface area contributed by atoms with Crippen molar-refractivity contribution in [2.75, 3.05) is 30.4 Å². The minimum Gasteiger partial charge on any atom is -0.497 e. The molecule has 1 N–H and O–H groups in total. The standard InChI is InChI=1S/C21H23N5O3/c1-14-13-19(25-29-14)22-21(27)16-9-11-26(12-10-16)20-8-7-18(23-24-20)15-3-5-17(28-2)6-4-15/h3-8,13,16H,9-12H2,1-2H3,(H,22,25,27). The maximum absolute atomic E-state index is 12.4. The number of methoxy groups -OCH3 is 1. The molecule has 4 rings (SSSR count). The minimum atomic E-state index is -0.0465. The average molecular weight is 393 g/mol. The van der Waals surface area contributed by atoms with Crippen LogP contribution < -0.4 is 15.0 Å². The van der Waals surface area contributed by atoms with Gasteiger partial charge in [-0.05, 0) is 56.2 Å². The largest absolute Gasteiger partial charge is 0.497 e. The summed E-state index contributed by atoms with van der Waals surface area (Å²) in [6.45, 7) is 3.31. The lowest BCUT2D eigenvalue weighted by atomic mass is 9.96. The minimum absolute atomic E-state index is 0.0149. The molecule has 8 nitrogen and oxygen atoms in total. The van der Waals surface area contributed by atoms with Crippen LogP contribution >= 0.6 is 0 Å². The van der Waals surface area contributed by atoms with Crippen LogP contribution in [0.5, 0.6) is 5.75 Å². The second-order valence-corrected chi connectivity index (χ2v) is 7.08. The number of carbonyl (C=O) groups excluding carboxylic acids is 1. The number of carbonyl (C=O) groups is 1. The van der Waals surface area contributed by atoms with E-state index in [2.05, 4.69) is 25.6 Å². The van der Waals surface area contributed by atoms with E-state index in [-0.39, 0.29) is 11.8 Å². The molecule has 2 aromatic heterocycles. The number of rotatable bonds is 5. The van der Waals surface area contributed by atoms with Crippen LogP contribution in [0.4, 0.5) is 11.6 Å². The third-order valence-corrected chi connectivity index (χ3v) is 5.11. The first kappa shape index (κ1) is 18.9. The lowest BCUT2D eigenvalue weighted by Crippen LogP contribution is -2.38. The van der Waals surface area contributed by atoms with Crippen LogP contribution in [-0.4, -0.2) is 41.5 Å². The van der Waals surface area contributed by atoms with Crippen molar-refractivity contribution < 1.29 is 14.1 Å². The molecule has 0 radical (unpaired) electrons. The van der Waals surface area contributed by atoms with Gasteiger partial charge in [0.05, 0.1) is 12.8 Å². The molecule has 1 saturated heterocycles. The van der Waals surface area contributed by atoms with Crippen LogP contribution in [0.2, 0.25) is 0 Å². The lowest BCUT2D eigenvalue weighted by molar-refractivity contribution is -0.120. The smallest absolute Gasteiger partial charge is 0.228 e. The fourth-order valence-electron chi connectivity index (χ4n) is 3.43. The average Bonchev–Trinajstić information content (AvgIpc) is 3.18. The van der Waals surface area contributed by atoms with E-state index >= 15 is 0 Å². The zero-order valence-corrected chi connectivity index (χ0v) is 16.5. The summed E-state index contributed by atoms with van der Waals surface area (Å²) < 4.78 is 10.2. The zero-order chi connectivity index (χ0) is 20.2. The lowest BCUT2D eigenvalue weighted by Gasteiger charge is -2.31. The topological polar surface area (TPSA) is 93.4 Å². The SMILES string of the molecule is COc1ccc(-c2ccc(N3CCC(C(=O)Nc4cc(C)on4)CC3)nn2)cc1. The predicted molar refractivity (Wildman–Crippen MR) is 109 cm³/mol. The zero-order valence-electron chi connectivity index (χ0n) is 16.5. The van der Waals surface area contributed by atoms with Crippen molar-refractivity contribution in [3.05, 3.63) is 48.2 Å². The maximum atomic E-state index is 12.4. The highest BCUT2D eigenvalue weighted by Gasteiger charge is 2.26. The molecular weight excluding hydrogens is 370 g/mol. The first-order valence-electron chi connectivity index (χ1n) is 9.59. The summed E-state index contributed by atoms with van der Waals surface area (Å²) in [5.41, 5.74) is 1.80. The Morgan fingerprint density at radius 3 is 2.48 bits per heavy atom. The molecular formula is C21H23N5O3. The number of nitrogens with zero attached hydrogens (tertiary/aromatic N) is 4. The van der Waals surface area contributed by atoms with Crippen molar-refractivity contribution in [2.24, 2.45) is 5.92 Å². The molecule has 1 aliphatic heterocycles.